The second kappa shape index (κ2) is 7.02. The molecule has 0 bridgehead atoms. The van der Waals surface area contributed by atoms with Crippen LogP contribution in [0, 0.1) is 0 Å². The van der Waals surface area contributed by atoms with Gasteiger partial charge in [-0.1, -0.05) is 38.5 Å². The van der Waals surface area contributed by atoms with Crippen molar-refractivity contribution in [1.82, 2.24) is 0 Å². The van der Waals surface area contributed by atoms with Crippen molar-refractivity contribution in [2.75, 3.05) is 20.0 Å². The molecule has 112 valence electrons. The summed E-state index contributed by atoms with van der Waals surface area (Å²) >= 11 is 0. The lowest BCUT2D eigenvalue weighted by Crippen LogP contribution is -2.47. The Labute approximate surface area is 117 Å². The quantitative estimate of drug-likeness (QED) is 0.574. The Kier molecular flexibility index (Phi) is 5.63. The number of nitrogens with two attached hydrogens (primary N) is 2. The van der Waals surface area contributed by atoms with Gasteiger partial charge in [0.15, 0.2) is 0 Å². The first-order valence-corrected chi connectivity index (χ1v) is 7.85. The maximum atomic E-state index is 6.30. The van der Waals surface area contributed by atoms with Gasteiger partial charge in [-0.25, -0.2) is 0 Å². The third-order valence-corrected chi connectivity index (χ3v) is 4.64. The molecule has 0 aromatic carbocycles. The Hall–Kier alpha value is -0.160. The highest BCUT2D eigenvalue weighted by atomic mass is 16.7. The molecule has 0 aliphatic heterocycles. The Morgan fingerprint density at radius 3 is 1.37 bits per heavy atom. The molecule has 4 nitrogen and oxygen atoms in total. The first-order chi connectivity index (χ1) is 9.12. The number of hydrogen-bond donors (Lipinski definition) is 2. The van der Waals surface area contributed by atoms with Crippen LogP contribution in [-0.4, -0.2) is 31.1 Å². The lowest BCUT2D eigenvalue weighted by molar-refractivity contribution is -0.0869. The monoisotopic (exact) mass is 270 g/mol. The van der Waals surface area contributed by atoms with Gasteiger partial charge in [-0.3, -0.25) is 0 Å². The first-order valence-electron chi connectivity index (χ1n) is 7.85. The van der Waals surface area contributed by atoms with Gasteiger partial charge in [0.25, 0.3) is 0 Å². The zero-order valence-corrected chi connectivity index (χ0v) is 12.2. The van der Waals surface area contributed by atoms with Crippen LogP contribution in [0.25, 0.3) is 0 Å². The lowest BCUT2D eigenvalue weighted by Gasteiger charge is -2.34. The zero-order valence-electron chi connectivity index (χ0n) is 12.2. The van der Waals surface area contributed by atoms with E-state index in [1.54, 1.807) is 0 Å². The Morgan fingerprint density at radius 1 is 0.632 bits per heavy atom. The summed E-state index contributed by atoms with van der Waals surface area (Å²) in [5.74, 6) is 0. The highest BCUT2D eigenvalue weighted by Crippen LogP contribution is 2.27. The largest absolute Gasteiger partial charge is 0.354 e. The average molecular weight is 270 g/mol. The fraction of sp³-hybridized carbons (Fsp3) is 1.00. The summed E-state index contributed by atoms with van der Waals surface area (Å²) in [6.45, 7) is 1.56. The van der Waals surface area contributed by atoms with Gasteiger partial charge >= 0.3 is 0 Å². The van der Waals surface area contributed by atoms with Gasteiger partial charge in [0.1, 0.15) is 6.79 Å². The molecule has 2 aliphatic carbocycles. The van der Waals surface area contributed by atoms with Crippen LogP contribution in [-0.2, 0) is 9.47 Å². The van der Waals surface area contributed by atoms with E-state index in [4.69, 9.17) is 20.9 Å². The van der Waals surface area contributed by atoms with Crippen molar-refractivity contribution in [3.05, 3.63) is 0 Å². The van der Waals surface area contributed by atoms with Gasteiger partial charge < -0.3 is 20.9 Å². The molecule has 0 saturated heterocycles. The number of ether oxygens (including phenoxy) is 2. The van der Waals surface area contributed by atoms with E-state index in [0.29, 0.717) is 20.0 Å². The number of rotatable bonds is 6. The van der Waals surface area contributed by atoms with Crippen LogP contribution in [0.3, 0.4) is 0 Å². The molecular formula is C15H30N2O2. The molecule has 0 heterocycles. The van der Waals surface area contributed by atoms with E-state index in [1.807, 2.05) is 0 Å². The minimum atomic E-state index is -0.118. The topological polar surface area (TPSA) is 70.5 Å². The minimum absolute atomic E-state index is 0.118. The van der Waals surface area contributed by atoms with Gasteiger partial charge in [0.2, 0.25) is 0 Å². The van der Waals surface area contributed by atoms with Crippen LogP contribution < -0.4 is 11.5 Å². The van der Waals surface area contributed by atoms with Gasteiger partial charge in [-0.2, -0.15) is 0 Å². The molecular weight excluding hydrogens is 240 g/mol. The molecule has 4 N–H and O–H groups in total. The third-order valence-electron chi connectivity index (χ3n) is 4.64. The minimum Gasteiger partial charge on any atom is -0.354 e. The normalized spacial score (nSPS) is 26.2. The molecule has 2 fully saturated rings. The van der Waals surface area contributed by atoms with Crippen LogP contribution in [0.15, 0.2) is 0 Å². The summed E-state index contributed by atoms with van der Waals surface area (Å²) in [5, 5.41) is 0. The smallest absolute Gasteiger partial charge is 0.146 e. The molecule has 2 saturated carbocycles. The van der Waals surface area contributed by atoms with Crippen LogP contribution in [0.1, 0.15) is 64.2 Å². The van der Waals surface area contributed by atoms with Gasteiger partial charge in [0, 0.05) is 11.1 Å². The molecule has 0 radical (unpaired) electrons. The maximum Gasteiger partial charge on any atom is 0.146 e. The van der Waals surface area contributed by atoms with Crippen LogP contribution >= 0.6 is 0 Å². The second-order valence-electron chi connectivity index (χ2n) is 6.66. The molecule has 0 atom stereocenters. The Bertz CT molecular complexity index is 233. The van der Waals surface area contributed by atoms with Crippen molar-refractivity contribution in [2.24, 2.45) is 11.5 Å². The second-order valence-corrected chi connectivity index (χ2v) is 6.66. The predicted octanol–water partition coefficient (Wildman–Crippen LogP) is 2.30. The van der Waals surface area contributed by atoms with Gasteiger partial charge in [0.05, 0.1) is 13.2 Å². The van der Waals surface area contributed by atoms with E-state index in [2.05, 4.69) is 0 Å². The fourth-order valence-corrected chi connectivity index (χ4v) is 3.35. The van der Waals surface area contributed by atoms with E-state index in [9.17, 15) is 0 Å². The van der Waals surface area contributed by atoms with E-state index >= 15 is 0 Å². The van der Waals surface area contributed by atoms with Gasteiger partial charge in [-0.15, -0.1) is 0 Å². The molecule has 0 aromatic heterocycles. The molecule has 0 aromatic rings. The summed E-state index contributed by atoms with van der Waals surface area (Å²) in [4.78, 5) is 0. The van der Waals surface area contributed by atoms with Crippen molar-refractivity contribution in [2.45, 2.75) is 75.3 Å². The molecule has 0 spiro atoms. The first kappa shape index (κ1) is 15.2. The Balaban J connectivity index is 1.56. The van der Waals surface area contributed by atoms with Crippen molar-refractivity contribution in [1.29, 1.82) is 0 Å². The highest BCUT2D eigenvalue weighted by molar-refractivity contribution is 4.87. The van der Waals surface area contributed by atoms with Gasteiger partial charge in [-0.05, 0) is 25.7 Å². The van der Waals surface area contributed by atoms with Crippen molar-refractivity contribution in [3.8, 4) is 0 Å². The number of hydrogen-bond acceptors (Lipinski definition) is 4. The molecule has 19 heavy (non-hydrogen) atoms. The molecule has 2 aliphatic rings. The van der Waals surface area contributed by atoms with Crippen LogP contribution in [0.4, 0.5) is 0 Å². The summed E-state index contributed by atoms with van der Waals surface area (Å²) in [6, 6.07) is 0. The molecule has 0 amide bonds. The van der Waals surface area contributed by atoms with Crippen molar-refractivity contribution >= 4 is 0 Å². The van der Waals surface area contributed by atoms with Crippen LogP contribution in [0.5, 0.6) is 0 Å². The fourth-order valence-electron chi connectivity index (χ4n) is 3.35. The summed E-state index contributed by atoms with van der Waals surface area (Å²) in [5.41, 5.74) is 12.4. The Morgan fingerprint density at radius 2 is 1.00 bits per heavy atom. The SMILES string of the molecule is NC1(COCOCC2(N)CCCCC2)CCCCC1. The standard InChI is InChI=1S/C15H30N2O2/c16-14(7-3-1-4-8-14)11-18-13-19-12-15(17)9-5-2-6-10-15/h1-13,16-17H2. The van der Waals surface area contributed by atoms with E-state index in [1.165, 1.54) is 38.5 Å². The maximum absolute atomic E-state index is 6.30. The average Bonchev–Trinajstić information content (AvgIpc) is 2.40. The van der Waals surface area contributed by atoms with Crippen molar-refractivity contribution in [3.63, 3.8) is 0 Å². The highest BCUT2D eigenvalue weighted by Gasteiger charge is 2.29. The predicted molar refractivity (Wildman–Crippen MR) is 76.8 cm³/mol. The van der Waals surface area contributed by atoms with E-state index < -0.39 is 0 Å². The molecule has 2 rings (SSSR count). The molecule has 4 heteroatoms. The summed E-state index contributed by atoms with van der Waals surface area (Å²) in [6.07, 6.45) is 11.8. The molecule has 0 unspecified atom stereocenters. The summed E-state index contributed by atoms with van der Waals surface area (Å²) < 4.78 is 11.2. The lowest BCUT2D eigenvalue weighted by atomic mass is 9.83. The van der Waals surface area contributed by atoms with Crippen LogP contribution in [0.2, 0.25) is 0 Å². The van der Waals surface area contributed by atoms with Crippen molar-refractivity contribution < 1.29 is 9.47 Å². The van der Waals surface area contributed by atoms with E-state index in [-0.39, 0.29) is 11.1 Å². The summed E-state index contributed by atoms with van der Waals surface area (Å²) in [7, 11) is 0. The zero-order chi connectivity index (χ0) is 13.6. The third kappa shape index (κ3) is 5.03. The van der Waals surface area contributed by atoms with E-state index in [0.717, 1.165) is 25.7 Å².